The maximum atomic E-state index is 5.14. The molecule has 56 heavy (non-hydrogen) atoms. The Hall–Kier alpha value is -6.88. The lowest BCUT2D eigenvalue weighted by molar-refractivity contribution is 0.703. The fourth-order valence-electron chi connectivity index (χ4n) is 8.14. The van der Waals surface area contributed by atoms with E-state index in [1.807, 2.05) is 54.2 Å². The molecule has 1 aliphatic heterocycles. The Bertz CT molecular complexity index is 2770. The standard InChI is InChI=1S/C52H35N3S/c1-5-18-36(19-6-1)42-26-13-14-27-44(42)51-54-49(38-20-7-2-8-21-38)53-50(55-51)39-34-32-37(33-35-39)43-28-17-30-46-48(43)56-47-31-16-15-29-45(47)52(46,40-22-9-3-10-23-40)41-24-11-4-12-25-41/h1-35H. The fourth-order valence-corrected chi connectivity index (χ4v) is 9.47. The van der Waals surface area contributed by atoms with Crippen molar-refractivity contribution in [1.29, 1.82) is 0 Å². The smallest absolute Gasteiger partial charge is 0.164 e. The minimum absolute atomic E-state index is 0.485. The molecule has 8 aromatic carbocycles. The number of hydrogen-bond acceptors (Lipinski definition) is 4. The second-order valence-electron chi connectivity index (χ2n) is 13.9. The first-order valence-corrected chi connectivity index (χ1v) is 19.7. The highest BCUT2D eigenvalue weighted by atomic mass is 32.2. The van der Waals surface area contributed by atoms with Crippen LogP contribution in [-0.4, -0.2) is 15.0 Å². The van der Waals surface area contributed by atoms with Crippen LogP contribution < -0.4 is 0 Å². The molecule has 0 fully saturated rings. The van der Waals surface area contributed by atoms with Crippen molar-refractivity contribution in [2.75, 3.05) is 0 Å². The number of rotatable bonds is 7. The van der Waals surface area contributed by atoms with Crippen LogP contribution in [-0.2, 0) is 5.41 Å². The van der Waals surface area contributed by atoms with Crippen molar-refractivity contribution < 1.29 is 0 Å². The van der Waals surface area contributed by atoms with Crippen LogP contribution in [0.15, 0.2) is 222 Å². The number of benzene rings is 8. The normalized spacial score (nSPS) is 12.7. The van der Waals surface area contributed by atoms with Crippen LogP contribution in [0.3, 0.4) is 0 Å². The minimum Gasteiger partial charge on any atom is -0.208 e. The lowest BCUT2D eigenvalue weighted by atomic mass is 9.64. The van der Waals surface area contributed by atoms with E-state index in [9.17, 15) is 0 Å². The Morgan fingerprint density at radius 3 is 1.38 bits per heavy atom. The zero-order chi connectivity index (χ0) is 37.3. The number of hydrogen-bond donors (Lipinski definition) is 0. The van der Waals surface area contributed by atoms with Crippen LogP contribution in [0.4, 0.5) is 0 Å². The van der Waals surface area contributed by atoms with Crippen molar-refractivity contribution in [3.05, 3.63) is 235 Å². The lowest BCUT2D eigenvalue weighted by Gasteiger charge is -2.42. The van der Waals surface area contributed by atoms with Crippen molar-refractivity contribution in [2.24, 2.45) is 0 Å². The summed E-state index contributed by atoms with van der Waals surface area (Å²) in [6, 6.07) is 75.2. The van der Waals surface area contributed by atoms with E-state index >= 15 is 0 Å². The average Bonchev–Trinajstić information content (AvgIpc) is 3.29. The van der Waals surface area contributed by atoms with Gasteiger partial charge in [-0.15, -0.1) is 0 Å². The van der Waals surface area contributed by atoms with Crippen molar-refractivity contribution in [3.63, 3.8) is 0 Å². The average molecular weight is 734 g/mol. The first-order valence-electron chi connectivity index (χ1n) is 18.9. The third kappa shape index (κ3) is 5.83. The second kappa shape index (κ2) is 14.4. The molecule has 0 bridgehead atoms. The van der Waals surface area contributed by atoms with Crippen LogP contribution >= 0.6 is 11.8 Å². The van der Waals surface area contributed by atoms with E-state index in [1.165, 1.54) is 37.6 Å². The van der Waals surface area contributed by atoms with E-state index in [0.717, 1.165) is 33.4 Å². The van der Waals surface area contributed by atoms with Gasteiger partial charge in [0.1, 0.15) is 0 Å². The Balaban J connectivity index is 1.11. The summed E-state index contributed by atoms with van der Waals surface area (Å²) in [7, 11) is 0. The molecule has 4 heteroatoms. The van der Waals surface area contributed by atoms with Crippen molar-refractivity contribution in [1.82, 2.24) is 15.0 Å². The molecule has 0 radical (unpaired) electrons. The second-order valence-corrected chi connectivity index (χ2v) is 15.0. The van der Waals surface area contributed by atoms with Crippen molar-refractivity contribution >= 4 is 11.8 Å². The summed E-state index contributed by atoms with van der Waals surface area (Å²) in [5.41, 5.74) is 12.0. The Morgan fingerprint density at radius 2 is 0.732 bits per heavy atom. The molecular weight excluding hydrogens is 699 g/mol. The van der Waals surface area contributed by atoms with Crippen molar-refractivity contribution in [3.8, 4) is 56.4 Å². The quantitative estimate of drug-likeness (QED) is 0.163. The molecule has 0 atom stereocenters. The topological polar surface area (TPSA) is 38.7 Å². The van der Waals surface area contributed by atoms with Gasteiger partial charge < -0.3 is 0 Å². The largest absolute Gasteiger partial charge is 0.208 e. The van der Waals surface area contributed by atoms with Gasteiger partial charge in [-0.2, -0.15) is 0 Å². The van der Waals surface area contributed by atoms with Crippen molar-refractivity contribution in [2.45, 2.75) is 15.2 Å². The van der Waals surface area contributed by atoms with Crippen LogP contribution in [0, 0.1) is 0 Å². The first-order chi connectivity index (χ1) is 27.8. The van der Waals surface area contributed by atoms with Gasteiger partial charge in [0.2, 0.25) is 0 Å². The summed E-state index contributed by atoms with van der Waals surface area (Å²) < 4.78 is 0. The third-order valence-corrected chi connectivity index (χ3v) is 11.9. The monoisotopic (exact) mass is 733 g/mol. The van der Waals surface area contributed by atoms with Gasteiger partial charge in [-0.1, -0.05) is 218 Å². The Kier molecular flexibility index (Phi) is 8.66. The van der Waals surface area contributed by atoms with Gasteiger partial charge in [0.05, 0.1) is 5.41 Å². The number of aromatic nitrogens is 3. The summed E-state index contributed by atoms with van der Waals surface area (Å²) in [4.78, 5) is 17.8. The highest BCUT2D eigenvalue weighted by Crippen LogP contribution is 2.57. The molecule has 0 amide bonds. The molecule has 0 unspecified atom stereocenters. The predicted molar refractivity (Wildman–Crippen MR) is 229 cm³/mol. The van der Waals surface area contributed by atoms with E-state index in [2.05, 4.69) is 170 Å². The van der Waals surface area contributed by atoms with Crippen LogP contribution in [0.25, 0.3) is 56.4 Å². The zero-order valence-corrected chi connectivity index (χ0v) is 31.3. The summed E-state index contributed by atoms with van der Waals surface area (Å²) in [5, 5.41) is 0. The van der Waals surface area contributed by atoms with Gasteiger partial charge in [-0.3, -0.25) is 0 Å². The molecule has 9 aromatic rings. The highest BCUT2D eigenvalue weighted by Gasteiger charge is 2.44. The molecule has 0 saturated heterocycles. The SMILES string of the molecule is c1ccc(-c2nc(-c3ccc(-c4cccc5c4Sc4ccccc4C5(c4ccccc4)c4ccccc4)cc3)nc(-c3ccccc3-c3ccccc3)n2)cc1. The van der Waals surface area contributed by atoms with Crippen LogP contribution in [0.1, 0.15) is 22.3 Å². The molecular formula is C52H35N3S. The fraction of sp³-hybridized carbons (Fsp3) is 0.0192. The molecule has 0 spiro atoms. The molecule has 0 aliphatic carbocycles. The molecule has 1 aliphatic rings. The van der Waals surface area contributed by atoms with Gasteiger partial charge in [0.15, 0.2) is 17.5 Å². The van der Waals surface area contributed by atoms with Gasteiger partial charge >= 0.3 is 0 Å². The molecule has 264 valence electrons. The summed E-state index contributed by atoms with van der Waals surface area (Å²) in [6.45, 7) is 0. The van der Waals surface area contributed by atoms with Gasteiger partial charge in [-0.25, -0.2) is 15.0 Å². The maximum Gasteiger partial charge on any atom is 0.164 e. The summed E-state index contributed by atoms with van der Waals surface area (Å²) in [5.74, 6) is 1.92. The van der Waals surface area contributed by atoms with E-state index < -0.39 is 5.41 Å². The zero-order valence-electron chi connectivity index (χ0n) is 30.5. The molecule has 2 heterocycles. The Labute approximate surface area is 331 Å². The van der Waals surface area contributed by atoms with Gasteiger partial charge in [0.25, 0.3) is 0 Å². The molecule has 10 rings (SSSR count). The molecule has 0 saturated carbocycles. The third-order valence-electron chi connectivity index (χ3n) is 10.7. The van der Waals surface area contributed by atoms with E-state index in [1.54, 1.807) is 0 Å². The first kappa shape index (κ1) is 33.7. The summed E-state index contributed by atoms with van der Waals surface area (Å²) in [6.07, 6.45) is 0. The Morgan fingerprint density at radius 1 is 0.304 bits per heavy atom. The van der Waals surface area contributed by atoms with E-state index in [-0.39, 0.29) is 0 Å². The minimum atomic E-state index is -0.485. The molecule has 0 N–H and O–H groups in total. The molecule has 1 aromatic heterocycles. The summed E-state index contributed by atoms with van der Waals surface area (Å²) >= 11 is 1.86. The highest BCUT2D eigenvalue weighted by molar-refractivity contribution is 7.99. The predicted octanol–water partition coefficient (Wildman–Crippen LogP) is 13.1. The van der Waals surface area contributed by atoms with E-state index in [4.69, 9.17) is 15.0 Å². The number of nitrogens with zero attached hydrogens (tertiary/aromatic N) is 3. The maximum absolute atomic E-state index is 5.14. The van der Waals surface area contributed by atoms with Gasteiger partial charge in [-0.05, 0) is 50.6 Å². The van der Waals surface area contributed by atoms with E-state index in [0.29, 0.717) is 17.5 Å². The number of fused-ring (bicyclic) bond motifs is 2. The van der Waals surface area contributed by atoms with Gasteiger partial charge in [0, 0.05) is 26.5 Å². The van der Waals surface area contributed by atoms with Crippen LogP contribution in [0.2, 0.25) is 0 Å². The lowest BCUT2D eigenvalue weighted by Crippen LogP contribution is -2.34. The molecule has 3 nitrogen and oxygen atoms in total. The van der Waals surface area contributed by atoms with Crippen LogP contribution in [0.5, 0.6) is 0 Å².